The number of anilines is 2. The molecule has 1 aliphatic heterocycles. The summed E-state index contributed by atoms with van der Waals surface area (Å²) < 4.78 is 5.31. The molecule has 0 saturated carbocycles. The van der Waals surface area contributed by atoms with E-state index in [0.29, 0.717) is 12.2 Å². The first kappa shape index (κ1) is 15.6. The van der Waals surface area contributed by atoms with Gasteiger partial charge in [0.1, 0.15) is 0 Å². The summed E-state index contributed by atoms with van der Waals surface area (Å²) in [5, 5.41) is 3.10. The van der Waals surface area contributed by atoms with Crippen molar-refractivity contribution in [2.45, 2.75) is 32.2 Å². The van der Waals surface area contributed by atoms with Crippen LogP contribution < -0.4 is 16.0 Å². The van der Waals surface area contributed by atoms with E-state index in [9.17, 15) is 4.79 Å². The van der Waals surface area contributed by atoms with Crippen LogP contribution >= 0.6 is 0 Å². The molecule has 21 heavy (non-hydrogen) atoms. The van der Waals surface area contributed by atoms with Gasteiger partial charge in [0.25, 0.3) is 0 Å². The van der Waals surface area contributed by atoms with Crippen LogP contribution in [0.3, 0.4) is 0 Å². The van der Waals surface area contributed by atoms with Gasteiger partial charge in [-0.1, -0.05) is 19.1 Å². The minimum Gasteiger partial charge on any atom is -0.397 e. The Hall–Kier alpha value is -1.75. The first-order chi connectivity index (χ1) is 10.2. The van der Waals surface area contributed by atoms with Crippen molar-refractivity contribution in [3.8, 4) is 0 Å². The van der Waals surface area contributed by atoms with Crippen molar-refractivity contribution in [1.82, 2.24) is 5.32 Å². The molecule has 1 aliphatic rings. The van der Waals surface area contributed by atoms with Gasteiger partial charge in [-0.25, -0.2) is 0 Å². The number of carbonyl (C=O) groups excluding carboxylic acids is 1. The van der Waals surface area contributed by atoms with Crippen LogP contribution in [0.4, 0.5) is 11.4 Å². The van der Waals surface area contributed by atoms with Gasteiger partial charge in [0.15, 0.2) is 0 Å². The number of carbonyl (C=O) groups is 1. The Labute approximate surface area is 126 Å². The maximum Gasteiger partial charge on any atom is 0.239 e. The molecule has 1 amide bonds. The van der Waals surface area contributed by atoms with Crippen LogP contribution in [-0.2, 0) is 9.53 Å². The molecule has 1 aromatic rings. The molecule has 0 aliphatic carbocycles. The van der Waals surface area contributed by atoms with Crippen LogP contribution in [-0.4, -0.2) is 38.3 Å². The molecular formula is C16H25N3O2. The Balaban J connectivity index is 1.95. The summed E-state index contributed by atoms with van der Waals surface area (Å²) in [4.78, 5) is 14.3. The Kier molecular flexibility index (Phi) is 5.87. The highest BCUT2D eigenvalue weighted by molar-refractivity contribution is 5.83. The summed E-state index contributed by atoms with van der Waals surface area (Å²) in [6, 6.07) is 7.93. The second-order valence-corrected chi connectivity index (χ2v) is 5.43. The van der Waals surface area contributed by atoms with E-state index < -0.39 is 0 Å². The highest BCUT2D eigenvalue weighted by Gasteiger charge is 2.18. The average Bonchev–Trinajstić information content (AvgIpc) is 2.48. The Morgan fingerprint density at radius 3 is 2.76 bits per heavy atom. The Morgan fingerprint density at radius 1 is 1.38 bits per heavy atom. The topological polar surface area (TPSA) is 67.6 Å². The predicted molar refractivity (Wildman–Crippen MR) is 85.3 cm³/mol. The fourth-order valence-electron chi connectivity index (χ4n) is 2.62. The molecule has 0 radical (unpaired) electrons. The van der Waals surface area contributed by atoms with Gasteiger partial charge in [-0.2, -0.15) is 0 Å². The van der Waals surface area contributed by atoms with Gasteiger partial charge >= 0.3 is 0 Å². The summed E-state index contributed by atoms with van der Waals surface area (Å²) >= 11 is 0. The summed E-state index contributed by atoms with van der Waals surface area (Å²) in [5.41, 5.74) is 7.67. The SMILES string of the molecule is CCCN(CC(=O)NC1CCOCC1)c1ccccc1N. The normalized spacial score (nSPS) is 15.7. The van der Waals surface area contributed by atoms with E-state index in [-0.39, 0.29) is 11.9 Å². The first-order valence-electron chi connectivity index (χ1n) is 7.67. The van der Waals surface area contributed by atoms with E-state index in [2.05, 4.69) is 12.2 Å². The Bertz CT molecular complexity index is 459. The largest absolute Gasteiger partial charge is 0.397 e. The standard InChI is InChI=1S/C16H25N3O2/c1-2-9-19(15-6-4-3-5-14(15)17)12-16(20)18-13-7-10-21-11-8-13/h3-6,13H,2,7-12,17H2,1H3,(H,18,20). The van der Waals surface area contributed by atoms with E-state index in [4.69, 9.17) is 10.5 Å². The number of nitrogen functional groups attached to an aromatic ring is 1. The highest BCUT2D eigenvalue weighted by Crippen LogP contribution is 2.22. The third kappa shape index (κ3) is 4.63. The van der Waals surface area contributed by atoms with Gasteiger partial charge in [-0.05, 0) is 31.4 Å². The van der Waals surface area contributed by atoms with E-state index in [1.54, 1.807) is 0 Å². The number of nitrogens with two attached hydrogens (primary N) is 1. The van der Waals surface area contributed by atoms with Gasteiger partial charge in [-0.15, -0.1) is 0 Å². The number of nitrogens with zero attached hydrogens (tertiary/aromatic N) is 1. The summed E-state index contributed by atoms with van der Waals surface area (Å²) in [6.07, 6.45) is 2.76. The fraction of sp³-hybridized carbons (Fsp3) is 0.562. The number of ether oxygens (including phenoxy) is 1. The first-order valence-corrected chi connectivity index (χ1v) is 7.67. The molecule has 1 heterocycles. The zero-order chi connectivity index (χ0) is 15.1. The molecule has 5 heteroatoms. The van der Waals surface area contributed by atoms with Crippen LogP contribution in [0.1, 0.15) is 26.2 Å². The van der Waals surface area contributed by atoms with Gasteiger partial charge < -0.3 is 20.7 Å². The maximum absolute atomic E-state index is 12.2. The monoisotopic (exact) mass is 291 g/mol. The molecular weight excluding hydrogens is 266 g/mol. The smallest absolute Gasteiger partial charge is 0.239 e. The van der Waals surface area contributed by atoms with Crippen LogP contribution in [0.5, 0.6) is 0 Å². The lowest BCUT2D eigenvalue weighted by atomic mass is 10.1. The van der Waals surface area contributed by atoms with Crippen molar-refractivity contribution in [2.24, 2.45) is 0 Å². The predicted octanol–water partition coefficient (Wildman–Crippen LogP) is 1.78. The third-order valence-electron chi connectivity index (χ3n) is 3.69. The number of nitrogens with one attached hydrogen (secondary N) is 1. The molecule has 1 aromatic carbocycles. The fourth-order valence-corrected chi connectivity index (χ4v) is 2.62. The van der Waals surface area contributed by atoms with Crippen molar-refractivity contribution in [2.75, 3.05) is 36.9 Å². The van der Waals surface area contributed by atoms with Crippen LogP contribution in [0.25, 0.3) is 0 Å². The van der Waals surface area contributed by atoms with E-state index in [0.717, 1.165) is 44.7 Å². The second kappa shape index (κ2) is 7.88. The van der Waals surface area contributed by atoms with Crippen molar-refractivity contribution < 1.29 is 9.53 Å². The minimum absolute atomic E-state index is 0.0543. The van der Waals surface area contributed by atoms with Gasteiger partial charge in [0.05, 0.1) is 17.9 Å². The van der Waals surface area contributed by atoms with Crippen molar-refractivity contribution in [3.05, 3.63) is 24.3 Å². The number of amides is 1. The van der Waals surface area contributed by atoms with Crippen LogP contribution in [0, 0.1) is 0 Å². The van der Waals surface area contributed by atoms with Gasteiger partial charge in [0, 0.05) is 25.8 Å². The molecule has 0 unspecified atom stereocenters. The van der Waals surface area contributed by atoms with E-state index in [1.165, 1.54) is 0 Å². The average molecular weight is 291 g/mol. The molecule has 1 fully saturated rings. The molecule has 0 spiro atoms. The van der Waals surface area contributed by atoms with E-state index >= 15 is 0 Å². The van der Waals surface area contributed by atoms with Crippen molar-refractivity contribution in [3.63, 3.8) is 0 Å². The summed E-state index contributed by atoms with van der Waals surface area (Å²) in [6.45, 7) is 4.72. The molecule has 116 valence electrons. The van der Waals surface area contributed by atoms with Crippen LogP contribution in [0.15, 0.2) is 24.3 Å². The van der Waals surface area contributed by atoms with Gasteiger partial charge in [0.2, 0.25) is 5.91 Å². The number of rotatable bonds is 6. The van der Waals surface area contributed by atoms with Gasteiger partial charge in [-0.3, -0.25) is 4.79 Å². The van der Waals surface area contributed by atoms with E-state index in [1.807, 2.05) is 29.2 Å². The molecule has 1 saturated heterocycles. The molecule has 0 atom stereocenters. The maximum atomic E-state index is 12.2. The molecule has 5 nitrogen and oxygen atoms in total. The lowest BCUT2D eigenvalue weighted by Crippen LogP contribution is -2.44. The number of benzene rings is 1. The lowest BCUT2D eigenvalue weighted by molar-refractivity contribution is -0.121. The Morgan fingerprint density at radius 2 is 2.10 bits per heavy atom. The zero-order valence-corrected chi connectivity index (χ0v) is 12.7. The van der Waals surface area contributed by atoms with Crippen LogP contribution in [0.2, 0.25) is 0 Å². The third-order valence-corrected chi connectivity index (χ3v) is 3.69. The highest BCUT2D eigenvalue weighted by atomic mass is 16.5. The molecule has 0 bridgehead atoms. The number of hydrogen-bond donors (Lipinski definition) is 2. The van der Waals surface area contributed by atoms with Crippen molar-refractivity contribution in [1.29, 1.82) is 0 Å². The molecule has 3 N–H and O–H groups in total. The quantitative estimate of drug-likeness (QED) is 0.784. The number of hydrogen-bond acceptors (Lipinski definition) is 4. The zero-order valence-electron chi connectivity index (χ0n) is 12.7. The van der Waals surface area contributed by atoms with Crippen molar-refractivity contribution >= 4 is 17.3 Å². The lowest BCUT2D eigenvalue weighted by Gasteiger charge is -2.28. The second-order valence-electron chi connectivity index (χ2n) is 5.43. The summed E-state index contributed by atoms with van der Waals surface area (Å²) in [5.74, 6) is 0.0543. The minimum atomic E-state index is 0.0543. The summed E-state index contributed by atoms with van der Waals surface area (Å²) in [7, 11) is 0. The molecule has 0 aromatic heterocycles. The molecule has 2 rings (SSSR count). The number of para-hydroxylation sites is 2.